The molecule has 0 fully saturated rings. The molecule has 11 nitrogen and oxygen atoms in total. The fourth-order valence-corrected chi connectivity index (χ4v) is 0. The van der Waals surface area contributed by atoms with E-state index in [-0.39, 0.29) is 82.2 Å². The maximum absolute atomic E-state index is 8.33. The van der Waals surface area contributed by atoms with Crippen molar-refractivity contribution in [2.75, 3.05) is 0 Å². The predicted molar refractivity (Wildman–Crippen MR) is 31.9 cm³/mol. The summed E-state index contributed by atoms with van der Waals surface area (Å²) in [5.41, 5.74) is 0. The zero-order chi connectivity index (χ0) is 10.7. The Bertz CT molecular complexity index is 124. The molecule has 0 aromatic carbocycles. The smallest absolute Gasteiger partial charge is 0.652 e. The molecule has 0 rings (SSSR count). The number of carbonyl (C=O) groups is 1. The molecule has 0 N–H and O–H groups in total. The molecule has 0 aliphatic rings. The van der Waals surface area contributed by atoms with Crippen molar-refractivity contribution >= 4 is 29.2 Å². The number of nitrogens with zero attached hydrogens (tertiary/aromatic N) is 2. The van der Waals surface area contributed by atoms with E-state index in [0.717, 1.165) is 0 Å². The van der Waals surface area contributed by atoms with Crippen molar-refractivity contribution in [1.29, 1.82) is 0 Å². The maximum atomic E-state index is 8.33. The van der Waals surface area contributed by atoms with Crippen molar-refractivity contribution in [1.82, 2.24) is 0 Å². The first-order valence-electron chi connectivity index (χ1n) is 1.71. The van der Waals surface area contributed by atoms with Gasteiger partial charge in [-0.2, -0.15) is 0 Å². The summed E-state index contributed by atoms with van der Waals surface area (Å²) in [5.74, 6) is 0. The van der Waals surface area contributed by atoms with Crippen LogP contribution in [0.4, 0.5) is 4.79 Å². The van der Waals surface area contributed by atoms with Gasteiger partial charge in [-0.1, -0.05) is 0 Å². The molecule has 0 saturated carbocycles. The van der Waals surface area contributed by atoms with E-state index in [9.17, 15) is 0 Å². The molecule has 0 saturated heterocycles. The molecule has 0 amide bonds. The minimum absolute atomic E-state index is 0. The molecule has 14 heteroatoms. The summed E-state index contributed by atoms with van der Waals surface area (Å²) in [6.45, 7) is 0. The Labute approximate surface area is 142 Å². The fourth-order valence-electron chi connectivity index (χ4n) is 0. The summed E-state index contributed by atoms with van der Waals surface area (Å²) in [4.78, 5) is 24.8. The van der Waals surface area contributed by atoms with Crippen molar-refractivity contribution < 1.29 is 84.3 Å². The zero-order valence-electron chi connectivity index (χ0n) is 7.78. The summed E-state index contributed by atoms with van der Waals surface area (Å²) < 4.78 is 0. The van der Waals surface area contributed by atoms with E-state index in [4.69, 9.17) is 45.7 Å². The summed E-state index contributed by atoms with van der Waals surface area (Å²) in [5, 5.41) is 46.2. The molecule has 0 spiro atoms. The molecule has 0 heterocycles. The van der Waals surface area contributed by atoms with Crippen molar-refractivity contribution in [3.05, 3.63) is 30.6 Å². The van der Waals surface area contributed by atoms with Crippen LogP contribution in [0.3, 0.4) is 0 Å². The molecular weight excluding hydrogens is 254 g/mol. The van der Waals surface area contributed by atoms with Gasteiger partial charge in [0, 0.05) is 0 Å². The van der Waals surface area contributed by atoms with Gasteiger partial charge >= 0.3 is 82.2 Å². The zero-order valence-corrected chi connectivity index (χ0v) is 13.2. The molecule has 72 valence electrons. The van der Waals surface area contributed by atoms with Crippen LogP contribution in [0.25, 0.3) is 0 Å². The third-order valence-corrected chi connectivity index (χ3v) is 0. The molecule has 0 aromatic rings. The van der Waals surface area contributed by atoms with Gasteiger partial charge in [0.1, 0.15) is 0 Å². The van der Waals surface area contributed by atoms with Gasteiger partial charge in [-0.25, -0.2) is 0 Å². The van der Waals surface area contributed by atoms with Gasteiger partial charge < -0.3 is 45.7 Å². The topological polar surface area (TPSA) is 196 Å². The Balaban J connectivity index is -0.0000000184. The van der Waals surface area contributed by atoms with Gasteiger partial charge in [0.15, 0.2) is 0 Å². The van der Waals surface area contributed by atoms with Crippen LogP contribution in [0.15, 0.2) is 0 Å². The fraction of sp³-hybridized carbons (Fsp3) is 0. The van der Waals surface area contributed by atoms with E-state index in [1.807, 2.05) is 0 Å². The van der Waals surface area contributed by atoms with Gasteiger partial charge in [0.2, 0.25) is 0 Å². The first kappa shape index (κ1) is 36.1. The molecular formula is CMgN2Na2O9. The standard InChI is InChI=1S/CH2O3.Mg.2NO3.2Na/c2-1(3)4;;2*2-1(3)4;;/h(H2,2,3,4);;;;;/q;+2;2*-1;2*+1/p-2. The molecule has 0 aliphatic carbocycles. The predicted octanol–water partition coefficient (Wildman–Crippen LogP) is -9.30. The first-order chi connectivity index (χ1) is 5.20. The van der Waals surface area contributed by atoms with E-state index in [1.54, 1.807) is 0 Å². The van der Waals surface area contributed by atoms with Crippen LogP contribution in [-0.4, -0.2) is 39.4 Å². The van der Waals surface area contributed by atoms with Gasteiger partial charge in [-0.05, 0) is 6.16 Å². The molecule has 15 heavy (non-hydrogen) atoms. The van der Waals surface area contributed by atoms with E-state index < -0.39 is 16.3 Å². The Hall–Kier alpha value is 0.436. The summed E-state index contributed by atoms with van der Waals surface area (Å²) in [7, 11) is 0. The SMILES string of the molecule is O=C([O-])[O-].O=[N+]([O-])[O-].O=[N+]([O-])[O-].[Mg+2].[Na+].[Na+]. The summed E-state index contributed by atoms with van der Waals surface area (Å²) in [6, 6.07) is 0. The van der Waals surface area contributed by atoms with Crippen molar-refractivity contribution in [3.8, 4) is 0 Å². The molecule has 0 atom stereocenters. The van der Waals surface area contributed by atoms with Crippen LogP contribution >= 0.6 is 0 Å². The molecule has 0 aliphatic heterocycles. The van der Waals surface area contributed by atoms with Crippen LogP contribution in [-0.2, 0) is 0 Å². The molecule has 0 radical (unpaired) electrons. The number of carbonyl (C=O) groups excluding carboxylic acids is 1. The van der Waals surface area contributed by atoms with Gasteiger partial charge in [-0.3, -0.25) is 0 Å². The third kappa shape index (κ3) is 11700. The van der Waals surface area contributed by atoms with Crippen molar-refractivity contribution in [2.45, 2.75) is 0 Å². The van der Waals surface area contributed by atoms with E-state index in [0.29, 0.717) is 0 Å². The Morgan fingerprint density at radius 1 is 0.800 bits per heavy atom. The van der Waals surface area contributed by atoms with Gasteiger partial charge in [-0.15, -0.1) is 0 Å². The summed E-state index contributed by atoms with van der Waals surface area (Å²) in [6.07, 6.45) is -2.33. The second kappa shape index (κ2) is 29.3. The van der Waals surface area contributed by atoms with E-state index >= 15 is 0 Å². The average molecular weight is 254 g/mol. The van der Waals surface area contributed by atoms with Crippen molar-refractivity contribution in [2.24, 2.45) is 0 Å². The Morgan fingerprint density at radius 2 is 0.800 bits per heavy atom. The minimum Gasteiger partial charge on any atom is -0.652 e. The Kier molecular flexibility index (Phi) is 70.5. The first-order valence-corrected chi connectivity index (χ1v) is 1.71. The van der Waals surface area contributed by atoms with Gasteiger partial charge in [0.25, 0.3) is 0 Å². The van der Waals surface area contributed by atoms with E-state index in [1.165, 1.54) is 0 Å². The van der Waals surface area contributed by atoms with Crippen LogP contribution in [0, 0.1) is 30.6 Å². The number of hydrogen-bond acceptors (Lipinski definition) is 9. The van der Waals surface area contributed by atoms with Gasteiger partial charge in [0.05, 0.1) is 10.2 Å². The third-order valence-electron chi connectivity index (χ3n) is 0. The van der Waals surface area contributed by atoms with Crippen LogP contribution in [0.5, 0.6) is 0 Å². The Morgan fingerprint density at radius 3 is 0.800 bits per heavy atom. The molecule has 0 unspecified atom stereocenters. The number of hydrogen-bond donors (Lipinski definition) is 0. The second-order valence-corrected chi connectivity index (χ2v) is 0.697. The van der Waals surface area contributed by atoms with Crippen LogP contribution in [0.1, 0.15) is 0 Å². The van der Waals surface area contributed by atoms with Crippen LogP contribution in [0.2, 0.25) is 0 Å². The normalized spacial score (nSPS) is 4.80. The molecule has 0 bridgehead atoms. The average Bonchev–Trinajstić information content (AvgIpc) is 1.54. The number of rotatable bonds is 0. The number of carboxylic acid groups (broad SMARTS) is 2. The monoisotopic (exact) mass is 254 g/mol. The van der Waals surface area contributed by atoms with Crippen molar-refractivity contribution in [3.63, 3.8) is 0 Å². The molecule has 0 aromatic heterocycles. The maximum Gasteiger partial charge on any atom is 2.00 e. The summed E-state index contributed by atoms with van der Waals surface area (Å²) >= 11 is 0. The minimum atomic E-state index is -2.33. The quantitative estimate of drug-likeness (QED) is 0.229. The second-order valence-electron chi connectivity index (χ2n) is 0.697. The van der Waals surface area contributed by atoms with Crippen LogP contribution < -0.4 is 69.3 Å². The largest absolute Gasteiger partial charge is 2.00 e. The van der Waals surface area contributed by atoms with E-state index in [2.05, 4.69) is 0 Å².